The molecule has 0 radical (unpaired) electrons. The number of carbonyl (C=O) groups is 2. The number of benzene rings is 2. The van der Waals surface area contributed by atoms with Crippen molar-refractivity contribution in [1.82, 2.24) is 15.2 Å². The molecule has 1 saturated heterocycles. The van der Waals surface area contributed by atoms with Crippen LogP contribution in [0.1, 0.15) is 48.5 Å². The zero-order chi connectivity index (χ0) is 23.0. The largest absolute Gasteiger partial charge is 0.494 e. The number of aryl methyl sites for hydroxylation is 1. The number of nitrogens with zero attached hydrogens (tertiary/aromatic N) is 1. The highest BCUT2D eigenvalue weighted by molar-refractivity contribution is 7.89. The second kappa shape index (κ2) is 11.1. The predicted octanol–water partition coefficient (Wildman–Crippen LogP) is 2.65. The van der Waals surface area contributed by atoms with Crippen LogP contribution in [0.4, 0.5) is 0 Å². The summed E-state index contributed by atoms with van der Waals surface area (Å²) >= 11 is 0. The first kappa shape index (κ1) is 23.7. The van der Waals surface area contributed by atoms with E-state index < -0.39 is 15.9 Å². The molecule has 0 spiro atoms. The number of piperidine rings is 1. The third-order valence-corrected chi connectivity index (χ3v) is 7.17. The highest BCUT2D eigenvalue weighted by Crippen LogP contribution is 2.21. The van der Waals surface area contributed by atoms with Crippen molar-refractivity contribution in [2.75, 3.05) is 19.7 Å². The van der Waals surface area contributed by atoms with Crippen LogP contribution in [0.25, 0.3) is 0 Å². The van der Waals surface area contributed by atoms with Crippen LogP contribution in [0.2, 0.25) is 0 Å². The van der Waals surface area contributed by atoms with Crippen molar-refractivity contribution in [3.8, 4) is 5.75 Å². The minimum absolute atomic E-state index is 0.155. The Hall–Kier alpha value is -2.91. The second-order valence-corrected chi connectivity index (χ2v) is 9.51. The molecule has 9 heteroatoms. The van der Waals surface area contributed by atoms with Crippen LogP contribution in [-0.2, 0) is 21.2 Å². The number of ether oxygens (including phenoxy) is 1. The van der Waals surface area contributed by atoms with Crippen LogP contribution in [0, 0.1) is 0 Å². The standard InChI is InChI=1S/C23H29N3O5S/c1-2-31-20-11-9-19(10-12-20)23(28)25-24-22(27)15-8-18-6-13-21(14-7-18)32(29,30)26-16-4-3-5-17-26/h6-7,9-14H,2-5,8,15-17H2,1H3,(H,24,27)(H,25,28). The number of hydrazine groups is 1. The van der Waals surface area contributed by atoms with Gasteiger partial charge >= 0.3 is 0 Å². The molecule has 1 aliphatic rings. The number of amides is 2. The maximum Gasteiger partial charge on any atom is 0.269 e. The van der Waals surface area contributed by atoms with Crippen molar-refractivity contribution < 1.29 is 22.7 Å². The van der Waals surface area contributed by atoms with Gasteiger partial charge in [-0.2, -0.15) is 4.31 Å². The first-order chi connectivity index (χ1) is 15.4. The van der Waals surface area contributed by atoms with Gasteiger partial charge in [0.2, 0.25) is 15.9 Å². The molecule has 1 heterocycles. The van der Waals surface area contributed by atoms with Crippen LogP contribution < -0.4 is 15.6 Å². The lowest BCUT2D eigenvalue weighted by Crippen LogP contribution is -2.41. The van der Waals surface area contributed by atoms with Gasteiger partial charge in [-0.25, -0.2) is 8.42 Å². The van der Waals surface area contributed by atoms with E-state index in [-0.39, 0.29) is 17.2 Å². The molecule has 0 aromatic heterocycles. The van der Waals surface area contributed by atoms with Gasteiger partial charge in [0.25, 0.3) is 5.91 Å². The molecule has 1 fully saturated rings. The molecule has 1 aliphatic heterocycles. The summed E-state index contributed by atoms with van der Waals surface area (Å²) in [5.74, 6) is -0.0918. The Labute approximate surface area is 189 Å². The van der Waals surface area contributed by atoms with Gasteiger partial charge in [0.05, 0.1) is 11.5 Å². The van der Waals surface area contributed by atoms with Crippen molar-refractivity contribution in [1.29, 1.82) is 0 Å². The molecule has 2 N–H and O–H groups in total. The van der Waals surface area contributed by atoms with Crippen LogP contribution in [0.3, 0.4) is 0 Å². The fraction of sp³-hybridized carbons (Fsp3) is 0.391. The zero-order valence-corrected chi connectivity index (χ0v) is 19.0. The molecule has 172 valence electrons. The summed E-state index contributed by atoms with van der Waals surface area (Å²) in [7, 11) is -3.46. The van der Waals surface area contributed by atoms with Crippen LogP contribution in [0.15, 0.2) is 53.4 Å². The van der Waals surface area contributed by atoms with E-state index in [0.717, 1.165) is 24.8 Å². The molecule has 8 nitrogen and oxygen atoms in total. The van der Waals surface area contributed by atoms with Crippen molar-refractivity contribution >= 4 is 21.8 Å². The molecule has 0 unspecified atom stereocenters. The SMILES string of the molecule is CCOc1ccc(C(=O)NNC(=O)CCc2ccc(S(=O)(=O)N3CCCCC3)cc2)cc1. The molecule has 2 aromatic rings. The number of sulfonamides is 1. The van der Waals surface area contributed by atoms with E-state index in [0.29, 0.717) is 37.4 Å². The average molecular weight is 460 g/mol. The molecule has 0 aliphatic carbocycles. The number of hydrogen-bond donors (Lipinski definition) is 2. The zero-order valence-electron chi connectivity index (χ0n) is 18.2. The minimum Gasteiger partial charge on any atom is -0.494 e. The van der Waals surface area contributed by atoms with Gasteiger partial charge in [-0.3, -0.25) is 20.4 Å². The van der Waals surface area contributed by atoms with Gasteiger partial charge in [-0.15, -0.1) is 0 Å². The van der Waals surface area contributed by atoms with Gasteiger partial charge in [-0.05, 0) is 68.1 Å². The monoisotopic (exact) mass is 459 g/mol. The number of nitrogens with one attached hydrogen (secondary N) is 2. The highest BCUT2D eigenvalue weighted by Gasteiger charge is 2.25. The normalized spacial score (nSPS) is 14.5. The third kappa shape index (κ3) is 6.30. The molecule has 2 amide bonds. The van der Waals surface area contributed by atoms with Gasteiger partial charge in [0.1, 0.15) is 5.75 Å². The van der Waals surface area contributed by atoms with Gasteiger partial charge < -0.3 is 4.74 Å². The van der Waals surface area contributed by atoms with E-state index >= 15 is 0 Å². The van der Waals surface area contributed by atoms with E-state index in [9.17, 15) is 18.0 Å². The van der Waals surface area contributed by atoms with Gasteiger partial charge in [0.15, 0.2) is 0 Å². The lowest BCUT2D eigenvalue weighted by Gasteiger charge is -2.25. The van der Waals surface area contributed by atoms with E-state index in [2.05, 4.69) is 10.9 Å². The molecule has 3 rings (SSSR count). The highest BCUT2D eigenvalue weighted by atomic mass is 32.2. The minimum atomic E-state index is -3.46. The van der Waals surface area contributed by atoms with Crippen molar-refractivity contribution in [2.45, 2.75) is 43.9 Å². The van der Waals surface area contributed by atoms with Crippen LogP contribution in [0.5, 0.6) is 5.75 Å². The maximum atomic E-state index is 12.7. The Morgan fingerprint density at radius 2 is 1.59 bits per heavy atom. The Balaban J connectivity index is 1.46. The number of hydrogen-bond acceptors (Lipinski definition) is 5. The Morgan fingerprint density at radius 3 is 2.22 bits per heavy atom. The summed E-state index contributed by atoms with van der Waals surface area (Å²) in [6.45, 7) is 3.54. The summed E-state index contributed by atoms with van der Waals surface area (Å²) in [5.41, 5.74) is 6.03. The number of carbonyl (C=O) groups excluding carboxylic acids is 2. The summed E-state index contributed by atoms with van der Waals surface area (Å²) in [4.78, 5) is 24.5. The van der Waals surface area contributed by atoms with E-state index in [4.69, 9.17) is 4.74 Å². The van der Waals surface area contributed by atoms with E-state index in [1.54, 1.807) is 48.5 Å². The molecule has 0 atom stereocenters. The lowest BCUT2D eigenvalue weighted by molar-refractivity contribution is -0.121. The summed E-state index contributed by atoms with van der Waals surface area (Å²) in [6, 6.07) is 13.2. The van der Waals surface area contributed by atoms with Crippen molar-refractivity contribution in [3.05, 3.63) is 59.7 Å². The summed E-state index contributed by atoms with van der Waals surface area (Å²) in [5, 5.41) is 0. The van der Waals surface area contributed by atoms with Gasteiger partial charge in [-0.1, -0.05) is 18.6 Å². The first-order valence-electron chi connectivity index (χ1n) is 10.8. The average Bonchev–Trinajstić information content (AvgIpc) is 2.82. The Kier molecular flexibility index (Phi) is 8.24. The fourth-order valence-corrected chi connectivity index (χ4v) is 4.99. The summed E-state index contributed by atoms with van der Waals surface area (Å²) in [6.07, 6.45) is 3.42. The number of rotatable bonds is 8. The Morgan fingerprint density at radius 1 is 0.938 bits per heavy atom. The van der Waals surface area contributed by atoms with Crippen molar-refractivity contribution in [3.63, 3.8) is 0 Å². The maximum absolute atomic E-state index is 12.7. The fourth-order valence-electron chi connectivity index (χ4n) is 3.47. The Bertz CT molecular complexity index is 1010. The van der Waals surface area contributed by atoms with Crippen LogP contribution in [-0.4, -0.2) is 44.2 Å². The quantitative estimate of drug-likeness (QED) is 0.591. The van der Waals surface area contributed by atoms with E-state index in [1.165, 1.54) is 4.31 Å². The molecular weight excluding hydrogens is 430 g/mol. The molecule has 0 bridgehead atoms. The first-order valence-corrected chi connectivity index (χ1v) is 12.3. The second-order valence-electron chi connectivity index (χ2n) is 7.57. The molecule has 2 aromatic carbocycles. The van der Waals surface area contributed by atoms with Crippen LogP contribution >= 0.6 is 0 Å². The molecular formula is C23H29N3O5S. The molecule has 32 heavy (non-hydrogen) atoms. The van der Waals surface area contributed by atoms with Crippen molar-refractivity contribution in [2.24, 2.45) is 0 Å². The third-order valence-electron chi connectivity index (χ3n) is 5.26. The smallest absolute Gasteiger partial charge is 0.269 e. The van der Waals surface area contributed by atoms with Gasteiger partial charge in [0, 0.05) is 25.1 Å². The topological polar surface area (TPSA) is 105 Å². The summed E-state index contributed by atoms with van der Waals surface area (Å²) < 4.78 is 32.3. The predicted molar refractivity (Wildman–Crippen MR) is 121 cm³/mol. The lowest BCUT2D eigenvalue weighted by atomic mass is 10.1. The van der Waals surface area contributed by atoms with E-state index in [1.807, 2.05) is 6.92 Å². The molecule has 0 saturated carbocycles.